The second-order valence-electron chi connectivity index (χ2n) is 4.26. The van der Waals surface area contributed by atoms with Crippen molar-refractivity contribution in [2.24, 2.45) is 11.5 Å². The topological polar surface area (TPSA) is 95.4 Å². The molecule has 0 heterocycles. The van der Waals surface area contributed by atoms with Gasteiger partial charge in [0.1, 0.15) is 0 Å². The quantitative estimate of drug-likeness (QED) is 0.829. The fourth-order valence-corrected chi connectivity index (χ4v) is 2.13. The van der Waals surface area contributed by atoms with Gasteiger partial charge in [0, 0.05) is 5.92 Å². The zero-order valence-corrected chi connectivity index (χ0v) is 10.6. The molecule has 0 aliphatic rings. The van der Waals surface area contributed by atoms with Crippen molar-refractivity contribution < 1.29 is 14.3 Å². The van der Waals surface area contributed by atoms with E-state index in [1.54, 1.807) is 0 Å². The van der Waals surface area contributed by atoms with Gasteiger partial charge >= 0.3 is 6.09 Å². The van der Waals surface area contributed by atoms with Crippen molar-refractivity contribution in [1.82, 2.24) is 0 Å². The molecule has 0 saturated carbocycles. The van der Waals surface area contributed by atoms with E-state index in [1.165, 1.54) is 6.92 Å². The highest BCUT2D eigenvalue weighted by atomic mass is 16.6. The molecule has 1 aromatic rings. The summed E-state index contributed by atoms with van der Waals surface area (Å²) in [6, 6.07) is 9.29. The number of ether oxygens (including phenoxy) is 1. The van der Waals surface area contributed by atoms with Crippen molar-refractivity contribution in [2.75, 3.05) is 0 Å². The first-order valence-corrected chi connectivity index (χ1v) is 5.75. The van der Waals surface area contributed by atoms with Crippen LogP contribution in [0.25, 0.3) is 0 Å². The summed E-state index contributed by atoms with van der Waals surface area (Å²) < 4.78 is 4.97. The second-order valence-corrected chi connectivity index (χ2v) is 4.26. The molecule has 0 radical (unpaired) electrons. The maximum Gasteiger partial charge on any atom is 0.405 e. The lowest BCUT2D eigenvalue weighted by atomic mass is 9.80. The maximum atomic E-state index is 11.6. The Labute approximate surface area is 106 Å². The van der Waals surface area contributed by atoms with E-state index in [9.17, 15) is 9.59 Å². The lowest BCUT2D eigenvalue weighted by molar-refractivity contribution is -0.137. The molecule has 1 rings (SSSR count). The van der Waals surface area contributed by atoms with Crippen molar-refractivity contribution >= 4 is 12.0 Å². The van der Waals surface area contributed by atoms with Gasteiger partial charge in [-0.15, -0.1) is 0 Å². The largest absolute Gasteiger partial charge is 0.433 e. The molecule has 2 atom stereocenters. The van der Waals surface area contributed by atoms with Gasteiger partial charge in [-0.3, -0.25) is 4.79 Å². The molecule has 0 aliphatic carbocycles. The fourth-order valence-electron chi connectivity index (χ4n) is 2.13. The average molecular weight is 250 g/mol. The number of amides is 2. The first-order chi connectivity index (χ1) is 8.41. The van der Waals surface area contributed by atoms with E-state index in [0.29, 0.717) is 6.42 Å². The van der Waals surface area contributed by atoms with Crippen LogP contribution in [0.1, 0.15) is 31.7 Å². The number of hydrogen-bond acceptors (Lipinski definition) is 3. The van der Waals surface area contributed by atoms with Crippen molar-refractivity contribution in [1.29, 1.82) is 0 Å². The normalized spacial score (nSPS) is 15.4. The molecule has 0 fully saturated rings. The van der Waals surface area contributed by atoms with Gasteiger partial charge in [-0.05, 0) is 18.9 Å². The number of carbonyl (C=O) groups is 2. The van der Waals surface area contributed by atoms with Crippen molar-refractivity contribution in [2.45, 2.75) is 31.8 Å². The zero-order chi connectivity index (χ0) is 13.8. The predicted octanol–water partition coefficient (Wildman–Crippen LogP) is 1.52. The third-order valence-electron chi connectivity index (χ3n) is 3.08. The van der Waals surface area contributed by atoms with Crippen LogP contribution in [0.2, 0.25) is 0 Å². The number of carbonyl (C=O) groups excluding carboxylic acids is 2. The molecule has 0 aliphatic heterocycles. The van der Waals surface area contributed by atoms with Crippen molar-refractivity contribution in [3.05, 3.63) is 35.9 Å². The van der Waals surface area contributed by atoms with Crippen molar-refractivity contribution in [3.8, 4) is 0 Å². The summed E-state index contributed by atoms with van der Waals surface area (Å²) in [6.45, 7) is 3.38. The summed E-state index contributed by atoms with van der Waals surface area (Å²) in [7, 11) is 0. The molecule has 2 amide bonds. The average Bonchev–Trinajstić information content (AvgIpc) is 2.30. The zero-order valence-electron chi connectivity index (χ0n) is 10.6. The third kappa shape index (κ3) is 2.80. The molecule has 0 saturated heterocycles. The molecule has 0 bridgehead atoms. The Bertz CT molecular complexity index is 433. The minimum Gasteiger partial charge on any atom is -0.433 e. The summed E-state index contributed by atoms with van der Waals surface area (Å²) in [4.78, 5) is 22.6. The predicted molar refractivity (Wildman–Crippen MR) is 67.7 cm³/mol. The van der Waals surface area contributed by atoms with Crippen LogP contribution in [0, 0.1) is 0 Å². The first kappa shape index (κ1) is 14.0. The highest BCUT2D eigenvalue weighted by Gasteiger charge is 2.43. The summed E-state index contributed by atoms with van der Waals surface area (Å²) in [5, 5.41) is 0. The number of hydrogen-bond donors (Lipinski definition) is 2. The summed E-state index contributed by atoms with van der Waals surface area (Å²) in [6.07, 6.45) is -0.415. The molecule has 4 N–H and O–H groups in total. The SMILES string of the molecule is CCC(c1ccccc1)C(C)(OC(N)=O)C(N)=O. The van der Waals surface area contributed by atoms with Gasteiger partial charge in [0.2, 0.25) is 0 Å². The molecule has 18 heavy (non-hydrogen) atoms. The van der Waals surface area contributed by atoms with E-state index in [1.807, 2.05) is 37.3 Å². The Hall–Kier alpha value is -2.04. The van der Waals surface area contributed by atoms with E-state index in [-0.39, 0.29) is 5.92 Å². The van der Waals surface area contributed by atoms with Gasteiger partial charge in [-0.25, -0.2) is 4.79 Å². The van der Waals surface area contributed by atoms with Crippen LogP contribution in [0.4, 0.5) is 4.79 Å². The molecular weight excluding hydrogens is 232 g/mol. The Morgan fingerprint density at radius 1 is 1.28 bits per heavy atom. The Morgan fingerprint density at radius 2 is 1.83 bits per heavy atom. The van der Waals surface area contributed by atoms with Crippen LogP contribution in [0.5, 0.6) is 0 Å². The van der Waals surface area contributed by atoms with Crippen LogP contribution >= 0.6 is 0 Å². The fraction of sp³-hybridized carbons (Fsp3) is 0.385. The van der Waals surface area contributed by atoms with Crippen LogP contribution in [0.15, 0.2) is 30.3 Å². The van der Waals surface area contributed by atoms with Gasteiger partial charge in [-0.1, -0.05) is 37.3 Å². The van der Waals surface area contributed by atoms with Gasteiger partial charge in [-0.2, -0.15) is 0 Å². The Kier molecular flexibility index (Phi) is 4.31. The monoisotopic (exact) mass is 250 g/mol. The molecule has 2 unspecified atom stereocenters. The van der Waals surface area contributed by atoms with Gasteiger partial charge < -0.3 is 16.2 Å². The number of rotatable bonds is 5. The van der Waals surface area contributed by atoms with E-state index in [0.717, 1.165) is 5.56 Å². The molecular formula is C13H18N2O3. The highest BCUT2D eigenvalue weighted by molar-refractivity contribution is 5.86. The van der Waals surface area contributed by atoms with Crippen LogP contribution < -0.4 is 11.5 Å². The second kappa shape index (κ2) is 5.53. The maximum absolute atomic E-state index is 11.6. The summed E-state index contributed by atoms with van der Waals surface area (Å²) in [5.41, 5.74) is 9.81. The minimum absolute atomic E-state index is 0.330. The van der Waals surface area contributed by atoms with Gasteiger partial charge in [0.15, 0.2) is 5.60 Å². The van der Waals surface area contributed by atoms with Crippen LogP contribution in [-0.2, 0) is 9.53 Å². The summed E-state index contributed by atoms with van der Waals surface area (Å²) >= 11 is 0. The number of nitrogens with two attached hydrogens (primary N) is 2. The molecule has 0 spiro atoms. The smallest absolute Gasteiger partial charge is 0.405 e. The van der Waals surface area contributed by atoms with E-state index in [4.69, 9.17) is 16.2 Å². The lowest BCUT2D eigenvalue weighted by Crippen LogP contribution is -2.50. The third-order valence-corrected chi connectivity index (χ3v) is 3.08. The summed E-state index contributed by atoms with van der Waals surface area (Å²) in [5.74, 6) is -1.04. The highest BCUT2D eigenvalue weighted by Crippen LogP contribution is 2.34. The number of primary amides is 2. The molecule has 5 nitrogen and oxygen atoms in total. The van der Waals surface area contributed by atoms with E-state index in [2.05, 4.69) is 0 Å². The van der Waals surface area contributed by atoms with Crippen LogP contribution in [0.3, 0.4) is 0 Å². The number of benzene rings is 1. The van der Waals surface area contributed by atoms with E-state index < -0.39 is 17.6 Å². The molecule has 0 aromatic heterocycles. The lowest BCUT2D eigenvalue weighted by Gasteiger charge is -2.33. The Morgan fingerprint density at radius 3 is 2.22 bits per heavy atom. The molecule has 5 heteroatoms. The molecule has 1 aromatic carbocycles. The first-order valence-electron chi connectivity index (χ1n) is 5.75. The van der Waals surface area contributed by atoms with Crippen LogP contribution in [-0.4, -0.2) is 17.6 Å². The molecule has 98 valence electrons. The van der Waals surface area contributed by atoms with Gasteiger partial charge in [0.25, 0.3) is 5.91 Å². The van der Waals surface area contributed by atoms with Gasteiger partial charge in [0.05, 0.1) is 0 Å². The van der Waals surface area contributed by atoms with Crippen molar-refractivity contribution in [3.63, 3.8) is 0 Å². The Balaban J connectivity index is 3.17. The standard InChI is InChI=1S/C13H18N2O3/c1-3-10(9-7-5-4-6-8-9)13(2,11(14)16)18-12(15)17/h4-8,10H,3H2,1-2H3,(H2,14,16)(H2,15,17). The van der Waals surface area contributed by atoms with E-state index >= 15 is 0 Å². The minimum atomic E-state index is -1.44.